The fourth-order valence-electron chi connectivity index (χ4n) is 4.06. The fraction of sp³-hybridized carbons (Fsp3) is 0.320. The smallest absolute Gasteiger partial charge is 0.324 e. The Morgan fingerprint density at radius 2 is 1.60 bits per heavy atom. The molecule has 3 rings (SSSR count). The van der Waals surface area contributed by atoms with E-state index in [1.54, 1.807) is 62.5 Å². The summed E-state index contributed by atoms with van der Waals surface area (Å²) in [7, 11) is -4.11. The number of rotatable bonds is 10. The largest absolute Gasteiger partial charge is 0.480 e. The Kier molecular flexibility index (Phi) is 7.96. The molecule has 0 bridgehead atoms. The molecule has 2 N–H and O–H groups in total. The van der Waals surface area contributed by atoms with Crippen molar-refractivity contribution in [3.05, 3.63) is 65.4 Å². The van der Waals surface area contributed by atoms with Crippen LogP contribution in [0, 0.1) is 20.8 Å². The Morgan fingerprint density at radius 3 is 2.14 bits per heavy atom. The first-order valence-electron chi connectivity index (χ1n) is 11.3. The molecule has 0 unspecified atom stereocenters. The molecule has 0 fully saturated rings. The average molecular weight is 498 g/mol. The second-order valence-corrected chi connectivity index (χ2v) is 10.0. The van der Waals surface area contributed by atoms with Crippen molar-refractivity contribution in [3.8, 4) is 0 Å². The summed E-state index contributed by atoms with van der Waals surface area (Å²) in [6.07, 6.45) is 1.67. The lowest BCUT2D eigenvalue weighted by Crippen LogP contribution is -2.36. The van der Waals surface area contributed by atoms with Crippen LogP contribution in [0.1, 0.15) is 30.5 Å². The van der Waals surface area contributed by atoms with Crippen LogP contribution in [0.3, 0.4) is 0 Å². The van der Waals surface area contributed by atoms with E-state index in [0.29, 0.717) is 28.6 Å². The molecule has 9 nitrogen and oxygen atoms in total. The minimum atomic E-state index is -4.11. The monoisotopic (exact) mass is 497 g/mol. The predicted octanol–water partition coefficient (Wildman–Crippen LogP) is 4.27. The third-order valence-electron chi connectivity index (χ3n) is 5.55. The summed E-state index contributed by atoms with van der Waals surface area (Å²) in [6.45, 7) is 10.2. The van der Waals surface area contributed by atoms with Gasteiger partial charge in [-0.2, -0.15) is 4.98 Å². The van der Waals surface area contributed by atoms with E-state index in [1.807, 2.05) is 25.7 Å². The van der Waals surface area contributed by atoms with Crippen LogP contribution in [0.2, 0.25) is 0 Å². The van der Waals surface area contributed by atoms with E-state index in [4.69, 9.17) is 0 Å². The maximum absolute atomic E-state index is 13.6. The lowest BCUT2D eigenvalue weighted by atomic mass is 10.1. The van der Waals surface area contributed by atoms with Gasteiger partial charge >= 0.3 is 5.97 Å². The van der Waals surface area contributed by atoms with Crippen molar-refractivity contribution in [2.24, 2.45) is 0 Å². The van der Waals surface area contributed by atoms with E-state index in [1.165, 1.54) is 0 Å². The van der Waals surface area contributed by atoms with Gasteiger partial charge in [0.15, 0.2) is 0 Å². The SMILES string of the molecule is CCN(CC)c1nccc(Nc2ccc(N(CC(=O)O)S(=O)(=O)c3c(C)cc(C)cc3C)cc2)n1. The number of nitrogens with one attached hydrogen (secondary N) is 1. The first kappa shape index (κ1) is 26.0. The predicted molar refractivity (Wildman–Crippen MR) is 138 cm³/mol. The van der Waals surface area contributed by atoms with Gasteiger partial charge in [-0.3, -0.25) is 9.10 Å². The minimum Gasteiger partial charge on any atom is -0.480 e. The van der Waals surface area contributed by atoms with Crippen molar-refractivity contribution in [3.63, 3.8) is 0 Å². The number of benzene rings is 2. The van der Waals surface area contributed by atoms with E-state index in [-0.39, 0.29) is 10.6 Å². The van der Waals surface area contributed by atoms with Gasteiger partial charge in [0, 0.05) is 25.0 Å². The summed E-state index contributed by atoms with van der Waals surface area (Å²) in [6, 6.07) is 11.8. The number of aryl methyl sites for hydroxylation is 3. The first-order chi connectivity index (χ1) is 16.6. The van der Waals surface area contributed by atoms with Gasteiger partial charge in [0.05, 0.1) is 10.6 Å². The molecule has 0 aliphatic rings. The second-order valence-electron chi connectivity index (χ2n) is 8.22. The molecule has 35 heavy (non-hydrogen) atoms. The number of sulfonamides is 1. The summed E-state index contributed by atoms with van der Waals surface area (Å²) in [5, 5.41) is 12.6. The van der Waals surface area contributed by atoms with E-state index in [9.17, 15) is 18.3 Å². The Morgan fingerprint density at radius 1 is 1.00 bits per heavy atom. The summed E-state index contributed by atoms with van der Waals surface area (Å²) in [5.41, 5.74) is 3.01. The average Bonchev–Trinajstić information content (AvgIpc) is 2.78. The van der Waals surface area contributed by atoms with Crippen LogP contribution in [0.15, 0.2) is 53.6 Å². The summed E-state index contributed by atoms with van der Waals surface area (Å²) >= 11 is 0. The van der Waals surface area contributed by atoms with Gasteiger partial charge in [0.1, 0.15) is 12.4 Å². The molecule has 0 amide bonds. The lowest BCUT2D eigenvalue weighted by Gasteiger charge is -2.25. The van der Waals surface area contributed by atoms with Crippen LogP contribution in [-0.2, 0) is 14.8 Å². The molecule has 2 aromatic carbocycles. The Balaban J connectivity index is 1.93. The zero-order chi connectivity index (χ0) is 25.8. The van der Waals surface area contributed by atoms with Crippen LogP contribution in [0.25, 0.3) is 0 Å². The van der Waals surface area contributed by atoms with Crippen molar-refractivity contribution >= 4 is 39.1 Å². The quantitative estimate of drug-likeness (QED) is 0.427. The van der Waals surface area contributed by atoms with E-state index >= 15 is 0 Å². The number of aromatic nitrogens is 2. The van der Waals surface area contributed by atoms with Gasteiger partial charge in [-0.15, -0.1) is 0 Å². The highest BCUT2D eigenvalue weighted by molar-refractivity contribution is 7.93. The van der Waals surface area contributed by atoms with Gasteiger partial charge in [-0.05, 0) is 76.1 Å². The van der Waals surface area contributed by atoms with E-state index in [0.717, 1.165) is 23.0 Å². The number of nitrogens with zero attached hydrogens (tertiary/aromatic N) is 4. The van der Waals surface area contributed by atoms with Crippen LogP contribution in [-0.4, -0.2) is 49.1 Å². The Hall–Kier alpha value is -3.66. The Bertz CT molecular complexity index is 1280. The topological polar surface area (TPSA) is 116 Å². The number of carboxylic acid groups (broad SMARTS) is 1. The third-order valence-corrected chi connectivity index (χ3v) is 7.63. The van der Waals surface area contributed by atoms with Gasteiger partial charge in [0.25, 0.3) is 10.0 Å². The molecule has 0 radical (unpaired) electrons. The number of carbonyl (C=O) groups is 1. The molecule has 0 saturated heterocycles. The van der Waals surface area contributed by atoms with Crippen molar-refractivity contribution in [1.82, 2.24) is 9.97 Å². The summed E-state index contributed by atoms with van der Waals surface area (Å²) in [5.74, 6) is -0.0436. The molecule has 1 aromatic heterocycles. The normalized spacial score (nSPS) is 11.2. The molecule has 3 aromatic rings. The molecule has 0 aliphatic carbocycles. The molecule has 10 heteroatoms. The zero-order valence-corrected chi connectivity index (χ0v) is 21.4. The number of hydrogen-bond acceptors (Lipinski definition) is 7. The number of carboxylic acids is 1. The summed E-state index contributed by atoms with van der Waals surface area (Å²) in [4.78, 5) is 22.6. The highest BCUT2D eigenvalue weighted by Crippen LogP contribution is 2.30. The fourth-order valence-corrected chi connectivity index (χ4v) is 5.89. The maximum Gasteiger partial charge on any atom is 0.324 e. The molecular formula is C25H31N5O4S. The van der Waals surface area contributed by atoms with Gasteiger partial charge < -0.3 is 15.3 Å². The van der Waals surface area contributed by atoms with Crippen LogP contribution in [0.5, 0.6) is 0 Å². The molecular weight excluding hydrogens is 466 g/mol. The molecule has 186 valence electrons. The number of hydrogen-bond donors (Lipinski definition) is 2. The van der Waals surface area contributed by atoms with Crippen molar-refractivity contribution in [1.29, 1.82) is 0 Å². The van der Waals surface area contributed by atoms with Gasteiger partial charge in [-0.1, -0.05) is 17.7 Å². The zero-order valence-electron chi connectivity index (χ0n) is 20.6. The van der Waals surface area contributed by atoms with Crippen molar-refractivity contribution in [2.45, 2.75) is 39.5 Å². The molecule has 1 heterocycles. The van der Waals surface area contributed by atoms with Crippen LogP contribution < -0.4 is 14.5 Å². The third kappa shape index (κ3) is 5.89. The van der Waals surface area contributed by atoms with Crippen molar-refractivity contribution < 1.29 is 18.3 Å². The highest BCUT2D eigenvalue weighted by atomic mass is 32.2. The number of anilines is 4. The minimum absolute atomic E-state index is 0.122. The van der Waals surface area contributed by atoms with Crippen LogP contribution in [0.4, 0.5) is 23.1 Å². The lowest BCUT2D eigenvalue weighted by molar-refractivity contribution is -0.135. The number of aliphatic carboxylic acids is 1. The van der Waals surface area contributed by atoms with Crippen molar-refractivity contribution in [2.75, 3.05) is 34.2 Å². The molecule has 0 saturated carbocycles. The summed E-state index contributed by atoms with van der Waals surface area (Å²) < 4.78 is 28.1. The molecule has 0 aliphatic heterocycles. The standard InChI is InChI=1S/C25H31N5O4S/c1-6-29(7-2)25-26-13-12-22(28-25)27-20-8-10-21(11-9-20)30(16-23(31)32)35(33,34)24-18(4)14-17(3)15-19(24)5/h8-15H,6-7,16H2,1-5H3,(H,31,32)(H,26,27,28). The maximum atomic E-state index is 13.6. The van der Waals surface area contributed by atoms with Gasteiger partial charge in [0.2, 0.25) is 5.95 Å². The highest BCUT2D eigenvalue weighted by Gasteiger charge is 2.30. The molecule has 0 atom stereocenters. The second kappa shape index (κ2) is 10.7. The van der Waals surface area contributed by atoms with Crippen LogP contribution >= 0.6 is 0 Å². The van der Waals surface area contributed by atoms with E-state index in [2.05, 4.69) is 15.3 Å². The first-order valence-corrected chi connectivity index (χ1v) is 12.8. The van der Waals surface area contributed by atoms with Gasteiger partial charge in [-0.25, -0.2) is 13.4 Å². The Labute approximate surface area is 206 Å². The van der Waals surface area contributed by atoms with E-state index < -0.39 is 22.5 Å². The molecule has 0 spiro atoms.